The first-order valence-electron chi connectivity index (χ1n) is 9.64. The van der Waals surface area contributed by atoms with Gasteiger partial charge in [0, 0.05) is 51.3 Å². The first-order valence-corrected chi connectivity index (χ1v) is 9.64. The van der Waals surface area contributed by atoms with Gasteiger partial charge in [0.05, 0.1) is 0 Å². The third-order valence-corrected chi connectivity index (χ3v) is 5.40. The Balaban J connectivity index is 1.36. The van der Waals surface area contributed by atoms with E-state index in [2.05, 4.69) is 20.4 Å². The summed E-state index contributed by atoms with van der Waals surface area (Å²) in [5.41, 5.74) is 1.56. The second-order valence-corrected chi connectivity index (χ2v) is 7.51. The van der Waals surface area contributed by atoms with E-state index >= 15 is 0 Å². The molecule has 0 radical (unpaired) electrons. The Morgan fingerprint density at radius 3 is 2.78 bits per heavy atom. The van der Waals surface area contributed by atoms with Crippen molar-refractivity contribution < 1.29 is 9.32 Å². The standard InChI is InChI=1S/C19H26N6O2/c1-24(2)17-11-16(20-12-21-17)22-13-7-9-25(10-8-13)19(26)18-14-5-3-4-6-15(14)27-23-18/h11-13H,3-10H2,1-2H3,(H,20,21,22). The number of aromatic nitrogens is 3. The van der Waals surface area contributed by atoms with Crippen LogP contribution in [-0.4, -0.2) is 59.2 Å². The minimum absolute atomic E-state index is 0.0114. The fourth-order valence-electron chi connectivity index (χ4n) is 3.81. The SMILES string of the molecule is CN(C)c1cc(NC2CCN(C(=O)c3noc4c3CCCC4)CC2)ncn1. The summed E-state index contributed by atoms with van der Waals surface area (Å²) in [6.45, 7) is 1.42. The van der Waals surface area contributed by atoms with Gasteiger partial charge in [0.1, 0.15) is 23.7 Å². The molecule has 1 N–H and O–H groups in total. The van der Waals surface area contributed by atoms with Gasteiger partial charge in [-0.25, -0.2) is 9.97 Å². The zero-order chi connectivity index (χ0) is 18.8. The molecule has 2 aromatic heterocycles. The summed E-state index contributed by atoms with van der Waals surface area (Å²) in [4.78, 5) is 25.3. The number of amides is 1. The first kappa shape index (κ1) is 17.8. The third kappa shape index (κ3) is 3.74. The largest absolute Gasteiger partial charge is 0.367 e. The number of aryl methyl sites for hydroxylation is 1. The Bertz CT molecular complexity index is 810. The van der Waals surface area contributed by atoms with Crippen LogP contribution < -0.4 is 10.2 Å². The molecule has 0 spiro atoms. The van der Waals surface area contributed by atoms with Crippen LogP contribution in [-0.2, 0) is 12.8 Å². The predicted octanol–water partition coefficient (Wildman–Crippen LogP) is 2.13. The average Bonchev–Trinajstić information content (AvgIpc) is 3.12. The van der Waals surface area contributed by atoms with Crippen molar-refractivity contribution in [2.75, 3.05) is 37.4 Å². The van der Waals surface area contributed by atoms with E-state index in [1.807, 2.05) is 30.0 Å². The molecular weight excluding hydrogens is 344 g/mol. The van der Waals surface area contributed by atoms with E-state index in [1.54, 1.807) is 6.33 Å². The summed E-state index contributed by atoms with van der Waals surface area (Å²) in [7, 11) is 3.91. The summed E-state index contributed by atoms with van der Waals surface area (Å²) in [5.74, 6) is 2.61. The molecule has 4 rings (SSSR count). The van der Waals surface area contributed by atoms with Crippen LogP contribution in [0.2, 0.25) is 0 Å². The first-order chi connectivity index (χ1) is 13.1. The average molecular weight is 370 g/mol. The molecule has 0 bridgehead atoms. The van der Waals surface area contributed by atoms with Crippen molar-refractivity contribution in [2.45, 2.75) is 44.6 Å². The maximum Gasteiger partial charge on any atom is 0.276 e. The molecule has 1 amide bonds. The molecule has 27 heavy (non-hydrogen) atoms. The maximum atomic E-state index is 12.9. The molecule has 0 unspecified atom stereocenters. The molecule has 1 aliphatic carbocycles. The Kier molecular flexibility index (Phi) is 4.96. The normalized spacial score (nSPS) is 17.5. The van der Waals surface area contributed by atoms with Crippen LogP contribution in [0.25, 0.3) is 0 Å². The van der Waals surface area contributed by atoms with Gasteiger partial charge in [-0.15, -0.1) is 0 Å². The number of hydrogen-bond donors (Lipinski definition) is 1. The van der Waals surface area contributed by atoms with Gasteiger partial charge in [0.25, 0.3) is 5.91 Å². The Morgan fingerprint density at radius 1 is 1.22 bits per heavy atom. The lowest BCUT2D eigenvalue weighted by Crippen LogP contribution is -2.43. The van der Waals surface area contributed by atoms with Crippen LogP contribution in [0.5, 0.6) is 0 Å². The number of likely N-dealkylation sites (tertiary alicyclic amines) is 1. The van der Waals surface area contributed by atoms with Crippen molar-refractivity contribution in [2.24, 2.45) is 0 Å². The quantitative estimate of drug-likeness (QED) is 0.882. The van der Waals surface area contributed by atoms with Gasteiger partial charge >= 0.3 is 0 Å². The predicted molar refractivity (Wildman–Crippen MR) is 102 cm³/mol. The summed E-state index contributed by atoms with van der Waals surface area (Å²) in [6.07, 6.45) is 7.36. The zero-order valence-corrected chi connectivity index (χ0v) is 15.9. The molecule has 3 heterocycles. The number of nitrogens with zero attached hydrogens (tertiary/aromatic N) is 5. The van der Waals surface area contributed by atoms with E-state index < -0.39 is 0 Å². The van der Waals surface area contributed by atoms with Gasteiger partial charge in [0.2, 0.25) is 0 Å². The second-order valence-electron chi connectivity index (χ2n) is 7.51. The molecule has 1 aliphatic heterocycles. The highest BCUT2D eigenvalue weighted by atomic mass is 16.5. The fourth-order valence-corrected chi connectivity index (χ4v) is 3.81. The van der Waals surface area contributed by atoms with E-state index in [0.717, 1.165) is 61.5 Å². The van der Waals surface area contributed by atoms with E-state index in [4.69, 9.17) is 4.52 Å². The number of fused-ring (bicyclic) bond motifs is 1. The van der Waals surface area contributed by atoms with Crippen LogP contribution in [0.4, 0.5) is 11.6 Å². The molecule has 8 nitrogen and oxygen atoms in total. The van der Waals surface area contributed by atoms with Crippen molar-refractivity contribution in [3.8, 4) is 0 Å². The summed E-state index contributed by atoms with van der Waals surface area (Å²) < 4.78 is 5.40. The van der Waals surface area contributed by atoms with Gasteiger partial charge in [-0.2, -0.15) is 0 Å². The lowest BCUT2D eigenvalue weighted by atomic mass is 9.95. The molecule has 0 saturated carbocycles. The van der Waals surface area contributed by atoms with Crippen molar-refractivity contribution in [3.05, 3.63) is 29.4 Å². The number of carbonyl (C=O) groups excluding carboxylic acids is 1. The van der Waals surface area contributed by atoms with Crippen LogP contribution in [0.15, 0.2) is 16.9 Å². The maximum absolute atomic E-state index is 12.9. The highest BCUT2D eigenvalue weighted by Crippen LogP contribution is 2.26. The summed E-state index contributed by atoms with van der Waals surface area (Å²) in [6, 6.07) is 2.24. The Morgan fingerprint density at radius 2 is 2.00 bits per heavy atom. The molecule has 2 aliphatic rings. The van der Waals surface area contributed by atoms with E-state index in [0.29, 0.717) is 24.8 Å². The van der Waals surface area contributed by atoms with Crippen molar-refractivity contribution in [1.82, 2.24) is 20.0 Å². The Labute approximate surface area is 158 Å². The molecular formula is C19H26N6O2. The molecule has 1 saturated heterocycles. The van der Waals surface area contributed by atoms with Crippen molar-refractivity contribution in [3.63, 3.8) is 0 Å². The molecule has 2 aromatic rings. The highest BCUT2D eigenvalue weighted by molar-refractivity contribution is 5.94. The summed E-state index contributed by atoms with van der Waals surface area (Å²) >= 11 is 0. The number of anilines is 2. The number of rotatable bonds is 4. The molecule has 144 valence electrons. The van der Waals surface area contributed by atoms with Gasteiger partial charge < -0.3 is 19.6 Å². The van der Waals surface area contributed by atoms with Crippen LogP contribution in [0.3, 0.4) is 0 Å². The minimum atomic E-state index is 0.0114. The van der Waals surface area contributed by atoms with Crippen LogP contribution in [0, 0.1) is 0 Å². The fraction of sp³-hybridized carbons (Fsp3) is 0.579. The van der Waals surface area contributed by atoms with Gasteiger partial charge in [-0.05, 0) is 32.1 Å². The summed E-state index contributed by atoms with van der Waals surface area (Å²) in [5, 5.41) is 7.55. The topological polar surface area (TPSA) is 87.4 Å². The van der Waals surface area contributed by atoms with Crippen molar-refractivity contribution >= 4 is 17.5 Å². The van der Waals surface area contributed by atoms with E-state index in [-0.39, 0.29) is 5.91 Å². The molecule has 8 heteroatoms. The molecule has 0 aromatic carbocycles. The molecule has 1 fully saturated rings. The van der Waals surface area contributed by atoms with E-state index in [9.17, 15) is 4.79 Å². The van der Waals surface area contributed by atoms with Crippen LogP contribution >= 0.6 is 0 Å². The molecule has 0 atom stereocenters. The van der Waals surface area contributed by atoms with Crippen molar-refractivity contribution in [1.29, 1.82) is 0 Å². The van der Waals surface area contributed by atoms with Gasteiger partial charge in [-0.1, -0.05) is 5.16 Å². The number of carbonyl (C=O) groups is 1. The van der Waals surface area contributed by atoms with E-state index in [1.165, 1.54) is 0 Å². The number of piperidine rings is 1. The lowest BCUT2D eigenvalue weighted by molar-refractivity contribution is 0.0707. The van der Waals surface area contributed by atoms with Gasteiger partial charge in [0.15, 0.2) is 5.69 Å². The third-order valence-electron chi connectivity index (χ3n) is 5.40. The smallest absolute Gasteiger partial charge is 0.276 e. The highest BCUT2D eigenvalue weighted by Gasteiger charge is 2.30. The lowest BCUT2D eigenvalue weighted by Gasteiger charge is -2.32. The van der Waals surface area contributed by atoms with Gasteiger partial charge in [-0.3, -0.25) is 4.79 Å². The van der Waals surface area contributed by atoms with Crippen LogP contribution in [0.1, 0.15) is 47.5 Å². The minimum Gasteiger partial charge on any atom is -0.367 e. The second kappa shape index (κ2) is 7.54. The zero-order valence-electron chi connectivity index (χ0n) is 15.9. The number of hydrogen-bond acceptors (Lipinski definition) is 7. The Hall–Kier alpha value is -2.64. The monoisotopic (exact) mass is 370 g/mol. The number of nitrogens with one attached hydrogen (secondary N) is 1.